The summed E-state index contributed by atoms with van der Waals surface area (Å²) in [4.78, 5) is 25.6. The number of benzene rings is 1. The minimum atomic E-state index is -1.17. The van der Waals surface area contributed by atoms with Gasteiger partial charge in [0.1, 0.15) is 6.04 Å². The summed E-state index contributed by atoms with van der Waals surface area (Å²) >= 11 is 0. The van der Waals surface area contributed by atoms with Gasteiger partial charge in [0, 0.05) is 24.8 Å². The Morgan fingerprint density at radius 2 is 1.76 bits per heavy atom. The van der Waals surface area contributed by atoms with Crippen molar-refractivity contribution in [3.05, 3.63) is 29.3 Å². The van der Waals surface area contributed by atoms with Crippen molar-refractivity contribution in [3.63, 3.8) is 0 Å². The lowest BCUT2D eigenvalue weighted by Crippen LogP contribution is -2.47. The number of hydrogen-bond donors (Lipinski definition) is 2. The molecule has 0 saturated heterocycles. The second-order valence-electron chi connectivity index (χ2n) is 4.56. The summed E-state index contributed by atoms with van der Waals surface area (Å²) in [5, 5.41) is 2.43. The number of halogens is 2. The van der Waals surface area contributed by atoms with Crippen molar-refractivity contribution < 1.29 is 18.4 Å². The normalized spacial score (nSPS) is 11.9. The van der Waals surface area contributed by atoms with Gasteiger partial charge >= 0.3 is 0 Å². The topological polar surface area (TPSA) is 75.4 Å². The van der Waals surface area contributed by atoms with E-state index in [2.05, 4.69) is 5.32 Å². The van der Waals surface area contributed by atoms with Gasteiger partial charge in [0.25, 0.3) is 5.91 Å². The van der Waals surface area contributed by atoms with E-state index in [4.69, 9.17) is 5.73 Å². The number of nitrogens with one attached hydrogen (secondary N) is 1. The average molecular weight is 299 g/mol. The molecule has 0 bridgehead atoms. The van der Waals surface area contributed by atoms with E-state index in [-0.39, 0.29) is 17.2 Å². The van der Waals surface area contributed by atoms with E-state index in [0.29, 0.717) is 19.2 Å². The first-order chi connectivity index (χ1) is 9.81. The summed E-state index contributed by atoms with van der Waals surface area (Å²) in [5.74, 6) is -3.28. The molecule has 116 valence electrons. The van der Waals surface area contributed by atoms with E-state index < -0.39 is 23.6 Å². The molecule has 1 atom stereocenters. The van der Waals surface area contributed by atoms with Gasteiger partial charge in [0.2, 0.25) is 5.91 Å². The quantitative estimate of drug-likeness (QED) is 0.810. The highest BCUT2D eigenvalue weighted by molar-refractivity contribution is 6.01. The Morgan fingerprint density at radius 1 is 1.24 bits per heavy atom. The van der Waals surface area contributed by atoms with E-state index in [1.165, 1.54) is 6.92 Å². The molecule has 0 aliphatic heterocycles. The van der Waals surface area contributed by atoms with Crippen LogP contribution in [0.2, 0.25) is 0 Å². The first-order valence-corrected chi connectivity index (χ1v) is 6.65. The number of nitrogens with two attached hydrogens (primary N) is 1. The molecular formula is C14H19F2N3O2. The van der Waals surface area contributed by atoms with Crippen LogP contribution >= 0.6 is 0 Å². The molecule has 5 nitrogen and oxygen atoms in total. The number of amides is 2. The highest BCUT2D eigenvalue weighted by Gasteiger charge is 2.22. The molecular weight excluding hydrogens is 280 g/mol. The van der Waals surface area contributed by atoms with E-state index >= 15 is 0 Å². The van der Waals surface area contributed by atoms with Crippen LogP contribution in [0.1, 0.15) is 31.1 Å². The zero-order chi connectivity index (χ0) is 16.2. The highest BCUT2D eigenvalue weighted by Crippen LogP contribution is 2.17. The number of rotatable bonds is 5. The Balaban J connectivity index is 2.86. The molecule has 1 rings (SSSR count). The fourth-order valence-electron chi connectivity index (χ4n) is 1.90. The lowest BCUT2D eigenvalue weighted by molar-refractivity contribution is -0.132. The molecule has 1 aromatic carbocycles. The van der Waals surface area contributed by atoms with Gasteiger partial charge in [-0.1, -0.05) is 0 Å². The van der Waals surface area contributed by atoms with E-state index in [1.807, 2.05) is 13.8 Å². The fourth-order valence-corrected chi connectivity index (χ4v) is 1.90. The summed E-state index contributed by atoms with van der Waals surface area (Å²) in [5.41, 5.74) is 5.11. The van der Waals surface area contributed by atoms with Crippen molar-refractivity contribution in [2.75, 3.05) is 18.8 Å². The van der Waals surface area contributed by atoms with Gasteiger partial charge in [0.05, 0.1) is 5.56 Å². The van der Waals surface area contributed by atoms with Gasteiger partial charge in [0.15, 0.2) is 11.6 Å². The maximum absolute atomic E-state index is 13.2. The van der Waals surface area contributed by atoms with Gasteiger partial charge in [-0.2, -0.15) is 0 Å². The van der Waals surface area contributed by atoms with Gasteiger partial charge in [-0.05, 0) is 26.8 Å². The zero-order valence-electron chi connectivity index (χ0n) is 12.2. The molecule has 2 amide bonds. The number of carbonyl (C=O) groups is 2. The van der Waals surface area contributed by atoms with Gasteiger partial charge in [-0.3, -0.25) is 9.59 Å². The molecule has 1 aromatic rings. The standard InChI is InChI=1S/C14H19F2N3O2/c1-4-19(5-2)14(21)8(3)18-13(20)9-6-10(15)11(16)7-12(9)17/h6-8H,4-5,17H2,1-3H3,(H,18,20). The Kier molecular flexibility index (Phi) is 5.63. The van der Waals surface area contributed by atoms with Gasteiger partial charge < -0.3 is 16.0 Å². The summed E-state index contributed by atoms with van der Waals surface area (Å²) in [6.07, 6.45) is 0. The van der Waals surface area contributed by atoms with Gasteiger partial charge in [-0.15, -0.1) is 0 Å². The average Bonchev–Trinajstić information content (AvgIpc) is 2.43. The Labute approximate surface area is 122 Å². The number of carbonyl (C=O) groups excluding carboxylic acids is 2. The zero-order valence-corrected chi connectivity index (χ0v) is 12.2. The molecule has 0 saturated carbocycles. The second kappa shape index (κ2) is 7.01. The lowest BCUT2D eigenvalue weighted by atomic mass is 10.1. The first-order valence-electron chi connectivity index (χ1n) is 6.65. The second-order valence-corrected chi connectivity index (χ2v) is 4.56. The molecule has 21 heavy (non-hydrogen) atoms. The summed E-state index contributed by atoms with van der Waals surface area (Å²) < 4.78 is 26.1. The molecule has 0 spiro atoms. The Bertz CT molecular complexity index is 545. The minimum absolute atomic E-state index is 0.186. The van der Waals surface area contributed by atoms with E-state index in [9.17, 15) is 18.4 Å². The number of likely N-dealkylation sites (N-methyl/N-ethyl adjacent to an activating group) is 1. The van der Waals surface area contributed by atoms with Crippen molar-refractivity contribution in [3.8, 4) is 0 Å². The van der Waals surface area contributed by atoms with Crippen LogP contribution in [0.3, 0.4) is 0 Å². The predicted molar refractivity (Wildman–Crippen MR) is 75.6 cm³/mol. The third-order valence-corrected chi connectivity index (χ3v) is 3.13. The third-order valence-electron chi connectivity index (χ3n) is 3.13. The molecule has 0 aliphatic rings. The van der Waals surface area contributed by atoms with Crippen LogP contribution in [0, 0.1) is 11.6 Å². The smallest absolute Gasteiger partial charge is 0.254 e. The molecule has 0 heterocycles. The summed E-state index contributed by atoms with van der Waals surface area (Å²) in [6, 6.07) is 0.667. The van der Waals surface area contributed by atoms with Crippen LogP contribution in [0.15, 0.2) is 12.1 Å². The molecule has 1 unspecified atom stereocenters. The minimum Gasteiger partial charge on any atom is -0.398 e. The number of anilines is 1. The van der Waals surface area contributed by atoms with Crippen LogP contribution in [0.25, 0.3) is 0 Å². The molecule has 0 aliphatic carbocycles. The van der Waals surface area contributed by atoms with Crippen LogP contribution in [-0.4, -0.2) is 35.8 Å². The Hall–Kier alpha value is -2.18. The molecule has 0 radical (unpaired) electrons. The van der Waals surface area contributed by atoms with Crippen molar-refractivity contribution in [1.82, 2.24) is 10.2 Å². The Morgan fingerprint density at radius 3 is 2.29 bits per heavy atom. The van der Waals surface area contributed by atoms with Crippen LogP contribution in [0.5, 0.6) is 0 Å². The predicted octanol–water partition coefficient (Wildman–Crippen LogP) is 1.53. The van der Waals surface area contributed by atoms with E-state index in [1.54, 1.807) is 4.90 Å². The van der Waals surface area contributed by atoms with Crippen LogP contribution in [-0.2, 0) is 4.79 Å². The lowest BCUT2D eigenvalue weighted by Gasteiger charge is -2.23. The largest absolute Gasteiger partial charge is 0.398 e. The molecule has 3 N–H and O–H groups in total. The number of nitrogens with zero attached hydrogens (tertiary/aromatic N) is 1. The molecule has 7 heteroatoms. The monoisotopic (exact) mass is 299 g/mol. The van der Waals surface area contributed by atoms with Crippen molar-refractivity contribution in [1.29, 1.82) is 0 Å². The van der Waals surface area contributed by atoms with Crippen molar-refractivity contribution >= 4 is 17.5 Å². The fraction of sp³-hybridized carbons (Fsp3) is 0.429. The van der Waals surface area contributed by atoms with Crippen molar-refractivity contribution in [2.24, 2.45) is 0 Å². The number of hydrogen-bond acceptors (Lipinski definition) is 3. The summed E-state index contributed by atoms with van der Waals surface area (Å²) in [6.45, 7) is 6.20. The molecule has 0 fully saturated rings. The SMILES string of the molecule is CCN(CC)C(=O)C(C)NC(=O)c1cc(F)c(F)cc1N. The first kappa shape index (κ1) is 16.9. The molecule has 0 aromatic heterocycles. The van der Waals surface area contributed by atoms with Crippen LogP contribution < -0.4 is 11.1 Å². The maximum atomic E-state index is 13.2. The van der Waals surface area contributed by atoms with E-state index in [0.717, 1.165) is 6.07 Å². The third kappa shape index (κ3) is 3.90. The number of nitrogen functional groups attached to an aromatic ring is 1. The van der Waals surface area contributed by atoms with Crippen molar-refractivity contribution in [2.45, 2.75) is 26.8 Å². The van der Waals surface area contributed by atoms with Crippen LogP contribution in [0.4, 0.5) is 14.5 Å². The highest BCUT2D eigenvalue weighted by atomic mass is 19.2. The van der Waals surface area contributed by atoms with Gasteiger partial charge in [-0.25, -0.2) is 8.78 Å². The summed E-state index contributed by atoms with van der Waals surface area (Å²) in [7, 11) is 0. The maximum Gasteiger partial charge on any atom is 0.254 e.